The van der Waals surface area contributed by atoms with Gasteiger partial charge < -0.3 is 15.4 Å². The SMILES string of the molecule is CCC(C)Oc1cc(C)ccc1CNC(=NC)NCC(F)F.I. The number of ether oxygens (including phenoxy) is 1. The van der Waals surface area contributed by atoms with Crippen LogP contribution in [0.1, 0.15) is 31.4 Å². The van der Waals surface area contributed by atoms with E-state index in [0.717, 1.165) is 23.3 Å². The Morgan fingerprint density at radius 2 is 2.00 bits per heavy atom. The highest BCUT2D eigenvalue weighted by atomic mass is 127. The highest BCUT2D eigenvalue weighted by molar-refractivity contribution is 14.0. The van der Waals surface area contributed by atoms with Crippen LogP contribution in [0.5, 0.6) is 5.75 Å². The van der Waals surface area contributed by atoms with Gasteiger partial charge in [-0.3, -0.25) is 4.99 Å². The molecule has 0 saturated heterocycles. The zero-order valence-electron chi connectivity index (χ0n) is 14.0. The number of hydrogen-bond donors (Lipinski definition) is 2. The number of rotatable bonds is 7. The zero-order valence-corrected chi connectivity index (χ0v) is 16.4. The number of benzene rings is 1. The fourth-order valence-corrected chi connectivity index (χ4v) is 1.79. The summed E-state index contributed by atoms with van der Waals surface area (Å²) in [6.07, 6.45) is -1.38. The number of aryl methyl sites for hydroxylation is 1. The summed E-state index contributed by atoms with van der Waals surface area (Å²) in [5.74, 6) is 1.15. The molecule has 0 aliphatic rings. The van der Waals surface area contributed by atoms with Gasteiger partial charge in [0.05, 0.1) is 12.6 Å². The molecule has 0 aromatic heterocycles. The minimum absolute atomic E-state index is 0. The first-order chi connectivity index (χ1) is 10.5. The second kappa shape index (κ2) is 11.4. The topological polar surface area (TPSA) is 45.6 Å². The molecule has 0 radical (unpaired) electrons. The smallest absolute Gasteiger partial charge is 0.255 e. The van der Waals surface area contributed by atoms with Crippen molar-refractivity contribution in [3.8, 4) is 5.75 Å². The van der Waals surface area contributed by atoms with E-state index >= 15 is 0 Å². The van der Waals surface area contributed by atoms with E-state index in [1.807, 2.05) is 32.0 Å². The molecule has 4 nitrogen and oxygen atoms in total. The van der Waals surface area contributed by atoms with Crippen molar-refractivity contribution in [2.45, 2.75) is 46.3 Å². The third kappa shape index (κ3) is 8.34. The van der Waals surface area contributed by atoms with Crippen molar-refractivity contribution < 1.29 is 13.5 Å². The molecule has 0 spiro atoms. The first-order valence-corrected chi connectivity index (χ1v) is 7.45. The average Bonchev–Trinajstić information content (AvgIpc) is 2.48. The number of alkyl halides is 2. The zero-order chi connectivity index (χ0) is 16.5. The van der Waals surface area contributed by atoms with E-state index in [9.17, 15) is 8.78 Å². The Hall–Kier alpha value is -1.12. The maximum absolute atomic E-state index is 12.2. The Kier molecular flexibility index (Phi) is 10.9. The summed E-state index contributed by atoms with van der Waals surface area (Å²) in [5, 5.41) is 5.59. The molecule has 0 fully saturated rings. The molecule has 1 unspecified atom stereocenters. The molecule has 1 rings (SSSR count). The van der Waals surface area contributed by atoms with E-state index in [-0.39, 0.29) is 30.1 Å². The van der Waals surface area contributed by atoms with Gasteiger partial charge in [0, 0.05) is 19.2 Å². The van der Waals surface area contributed by atoms with Crippen LogP contribution in [0, 0.1) is 6.92 Å². The first-order valence-electron chi connectivity index (χ1n) is 7.45. The number of hydrogen-bond acceptors (Lipinski definition) is 2. The Labute approximate surface area is 154 Å². The van der Waals surface area contributed by atoms with Crippen LogP contribution in [0.15, 0.2) is 23.2 Å². The Balaban J connectivity index is 0.00000484. The van der Waals surface area contributed by atoms with Crippen molar-refractivity contribution >= 4 is 29.9 Å². The summed E-state index contributed by atoms with van der Waals surface area (Å²) in [6, 6.07) is 5.95. The number of halogens is 3. The summed E-state index contributed by atoms with van der Waals surface area (Å²) in [5.41, 5.74) is 2.08. The van der Waals surface area contributed by atoms with Crippen molar-refractivity contribution in [3.63, 3.8) is 0 Å². The molecule has 23 heavy (non-hydrogen) atoms. The molecule has 1 aromatic carbocycles. The maximum atomic E-state index is 12.2. The van der Waals surface area contributed by atoms with Gasteiger partial charge >= 0.3 is 0 Å². The van der Waals surface area contributed by atoms with Crippen LogP contribution in [-0.2, 0) is 6.54 Å². The van der Waals surface area contributed by atoms with Crippen molar-refractivity contribution in [3.05, 3.63) is 29.3 Å². The fraction of sp³-hybridized carbons (Fsp3) is 0.562. The highest BCUT2D eigenvalue weighted by Gasteiger charge is 2.09. The van der Waals surface area contributed by atoms with Crippen molar-refractivity contribution in [1.29, 1.82) is 0 Å². The normalized spacial score (nSPS) is 12.6. The van der Waals surface area contributed by atoms with Crippen LogP contribution in [0.3, 0.4) is 0 Å². The minimum Gasteiger partial charge on any atom is -0.490 e. The molecule has 0 aliphatic heterocycles. The standard InChI is InChI=1S/C16H25F2N3O.HI/c1-5-12(3)22-14-8-11(2)6-7-13(14)9-20-16(19-4)21-10-15(17)18;/h6-8,12,15H,5,9-10H2,1-4H3,(H2,19,20,21);1H. The van der Waals surface area contributed by atoms with Crippen LogP contribution in [-0.4, -0.2) is 32.1 Å². The van der Waals surface area contributed by atoms with E-state index in [2.05, 4.69) is 22.5 Å². The van der Waals surface area contributed by atoms with Gasteiger partial charge in [-0.05, 0) is 31.9 Å². The van der Waals surface area contributed by atoms with Crippen molar-refractivity contribution in [1.82, 2.24) is 10.6 Å². The molecular formula is C16H26F2IN3O. The third-order valence-corrected chi connectivity index (χ3v) is 3.22. The van der Waals surface area contributed by atoms with Gasteiger partial charge in [0.15, 0.2) is 5.96 Å². The third-order valence-electron chi connectivity index (χ3n) is 3.22. The van der Waals surface area contributed by atoms with Gasteiger partial charge in [0.2, 0.25) is 0 Å². The molecule has 0 aliphatic carbocycles. The summed E-state index contributed by atoms with van der Waals surface area (Å²) < 4.78 is 30.4. The fourth-order valence-electron chi connectivity index (χ4n) is 1.79. The lowest BCUT2D eigenvalue weighted by Crippen LogP contribution is -2.39. The predicted octanol–water partition coefficient (Wildman–Crippen LogP) is 3.72. The lowest BCUT2D eigenvalue weighted by Gasteiger charge is -2.18. The van der Waals surface area contributed by atoms with E-state index in [4.69, 9.17) is 4.74 Å². The van der Waals surface area contributed by atoms with Crippen LogP contribution < -0.4 is 15.4 Å². The number of guanidine groups is 1. The monoisotopic (exact) mass is 441 g/mol. The molecule has 132 valence electrons. The van der Waals surface area contributed by atoms with E-state index < -0.39 is 13.0 Å². The Morgan fingerprint density at radius 1 is 1.30 bits per heavy atom. The lowest BCUT2D eigenvalue weighted by atomic mass is 10.1. The minimum atomic E-state index is -2.41. The van der Waals surface area contributed by atoms with Crippen LogP contribution >= 0.6 is 24.0 Å². The second-order valence-corrected chi connectivity index (χ2v) is 5.15. The number of aliphatic imine (C=N–C) groups is 1. The van der Waals surface area contributed by atoms with Gasteiger partial charge in [0.25, 0.3) is 6.43 Å². The van der Waals surface area contributed by atoms with Crippen LogP contribution in [0.25, 0.3) is 0 Å². The molecular weight excluding hydrogens is 415 g/mol. The van der Waals surface area contributed by atoms with E-state index in [1.54, 1.807) is 7.05 Å². The largest absolute Gasteiger partial charge is 0.490 e. The van der Waals surface area contributed by atoms with Gasteiger partial charge in [-0.2, -0.15) is 0 Å². The Bertz CT molecular complexity index is 498. The average molecular weight is 441 g/mol. The quantitative estimate of drug-likeness (QED) is 0.385. The highest BCUT2D eigenvalue weighted by Crippen LogP contribution is 2.22. The molecule has 7 heteroatoms. The van der Waals surface area contributed by atoms with Gasteiger partial charge in [-0.15, -0.1) is 24.0 Å². The summed E-state index contributed by atoms with van der Waals surface area (Å²) in [4.78, 5) is 3.92. The number of nitrogens with one attached hydrogen (secondary N) is 2. The van der Waals surface area contributed by atoms with Gasteiger partial charge in [-0.25, -0.2) is 8.78 Å². The summed E-state index contributed by atoms with van der Waals surface area (Å²) in [6.45, 7) is 6.11. The van der Waals surface area contributed by atoms with Crippen LogP contribution in [0.4, 0.5) is 8.78 Å². The molecule has 0 saturated carbocycles. The Morgan fingerprint density at radius 3 is 2.57 bits per heavy atom. The molecule has 1 aromatic rings. The van der Waals surface area contributed by atoms with Crippen molar-refractivity contribution in [2.75, 3.05) is 13.6 Å². The molecule has 0 heterocycles. The lowest BCUT2D eigenvalue weighted by molar-refractivity contribution is 0.152. The van der Waals surface area contributed by atoms with E-state index in [0.29, 0.717) is 12.5 Å². The second-order valence-electron chi connectivity index (χ2n) is 5.15. The van der Waals surface area contributed by atoms with Gasteiger partial charge in [-0.1, -0.05) is 19.1 Å². The van der Waals surface area contributed by atoms with Crippen molar-refractivity contribution in [2.24, 2.45) is 4.99 Å². The molecule has 0 bridgehead atoms. The molecule has 1 atom stereocenters. The number of nitrogens with zero attached hydrogens (tertiary/aromatic N) is 1. The summed E-state index contributed by atoms with van der Waals surface area (Å²) in [7, 11) is 1.55. The predicted molar refractivity (Wildman–Crippen MR) is 101 cm³/mol. The first kappa shape index (κ1) is 21.9. The van der Waals surface area contributed by atoms with Gasteiger partial charge in [0.1, 0.15) is 5.75 Å². The molecule has 2 N–H and O–H groups in total. The maximum Gasteiger partial charge on any atom is 0.255 e. The van der Waals surface area contributed by atoms with E-state index in [1.165, 1.54) is 0 Å². The summed E-state index contributed by atoms with van der Waals surface area (Å²) >= 11 is 0. The molecule has 0 amide bonds. The van der Waals surface area contributed by atoms with Crippen LogP contribution in [0.2, 0.25) is 0 Å².